The van der Waals surface area contributed by atoms with E-state index in [0.29, 0.717) is 0 Å². The van der Waals surface area contributed by atoms with E-state index in [1.165, 1.54) is 35.0 Å². The van der Waals surface area contributed by atoms with Crippen molar-refractivity contribution in [3.8, 4) is 0 Å². The second-order valence-corrected chi connectivity index (χ2v) is 10.7. The van der Waals surface area contributed by atoms with Crippen molar-refractivity contribution >= 4 is 14.0 Å². The third-order valence-electron chi connectivity index (χ3n) is 4.57. The van der Waals surface area contributed by atoms with Gasteiger partial charge in [0, 0.05) is 0 Å². The van der Waals surface area contributed by atoms with Gasteiger partial charge in [0.25, 0.3) is 0 Å². The van der Waals surface area contributed by atoms with E-state index in [1.54, 1.807) is 0 Å². The molecule has 26 heavy (non-hydrogen) atoms. The molecule has 0 amide bonds. The first-order valence-corrected chi connectivity index (χ1v) is 10.1. The minimum Gasteiger partial charge on any atom is -1.00 e. The van der Waals surface area contributed by atoms with Crippen molar-refractivity contribution in [2.45, 2.75) is 52.4 Å². The quantitative estimate of drug-likeness (QED) is 0.513. The first-order chi connectivity index (χ1) is 11.1. The summed E-state index contributed by atoms with van der Waals surface area (Å²) in [6, 6.07) is 8.68. The van der Waals surface area contributed by atoms with Crippen molar-refractivity contribution in [1.82, 2.24) is 4.98 Å². The summed E-state index contributed by atoms with van der Waals surface area (Å²) in [7, 11) is 0. The van der Waals surface area contributed by atoms with Crippen LogP contribution in [0.1, 0.15) is 52.7 Å². The molecular weight excluding hydrogens is 397 g/mol. The topological polar surface area (TPSA) is 15.8 Å². The molecule has 0 saturated heterocycles. The van der Waals surface area contributed by atoms with Gasteiger partial charge in [0.15, 0.2) is 0 Å². The van der Waals surface area contributed by atoms with Crippen molar-refractivity contribution < 1.29 is 44.0 Å². The molecule has 0 atom stereocenters. The van der Waals surface area contributed by atoms with Gasteiger partial charge in [-0.25, -0.2) is 0 Å². The molecule has 0 radical (unpaired) electrons. The molecule has 1 aliphatic rings. The standard InChI is InChI=1S/C12H20N.C10H7.2ClH.Ti/c1-11(2,3)9-7-13-8-10(9)12(4,5)6;1-8-6-9-4-2-3-5-10(9)7-8;;;/h7,13H,1-6H3;2-6H,1H2;2*1H;/q;;;;+2/p-2. The molecule has 1 heterocycles. The fourth-order valence-electron chi connectivity index (χ4n) is 3.45. The van der Waals surface area contributed by atoms with Gasteiger partial charge in [-0.05, 0) is 0 Å². The predicted molar refractivity (Wildman–Crippen MR) is 101 cm³/mol. The van der Waals surface area contributed by atoms with Crippen molar-refractivity contribution in [2.75, 3.05) is 0 Å². The van der Waals surface area contributed by atoms with Crippen LogP contribution in [0.2, 0.25) is 0 Å². The van der Waals surface area contributed by atoms with E-state index < -0.39 is 19.2 Å². The Balaban J connectivity index is 0.00000169. The summed E-state index contributed by atoms with van der Waals surface area (Å²) in [4.78, 5) is 3.65. The van der Waals surface area contributed by atoms with Crippen LogP contribution in [0.3, 0.4) is 0 Å². The summed E-state index contributed by atoms with van der Waals surface area (Å²) in [6.45, 7) is 18.2. The molecule has 2 aromatic rings. The van der Waals surface area contributed by atoms with E-state index in [0.717, 1.165) is 0 Å². The van der Waals surface area contributed by atoms with E-state index in [1.807, 2.05) is 0 Å². The zero-order valence-corrected chi connectivity index (χ0v) is 19.5. The molecule has 1 N–H and O–H groups in total. The van der Waals surface area contributed by atoms with Gasteiger partial charge in [0.1, 0.15) is 0 Å². The SMILES string of the molecule is C=C1C=c2ccccc2=[C]1[Ti+2][c]1[nH]cc(C(C)(C)C)c1C(C)(C)C.[Cl-].[Cl-]. The fourth-order valence-corrected chi connectivity index (χ4v) is 5.98. The zero-order valence-electron chi connectivity index (χ0n) is 16.4. The van der Waals surface area contributed by atoms with Crippen LogP contribution >= 0.6 is 0 Å². The molecule has 3 rings (SSSR count). The minimum absolute atomic E-state index is 0. The maximum Gasteiger partial charge on any atom is -1.00 e. The molecule has 4 heteroatoms. The van der Waals surface area contributed by atoms with Crippen LogP contribution in [0.4, 0.5) is 0 Å². The van der Waals surface area contributed by atoms with Gasteiger partial charge >= 0.3 is 155 Å². The van der Waals surface area contributed by atoms with E-state index in [2.05, 4.69) is 89.6 Å². The Hall–Kier alpha value is -0.726. The van der Waals surface area contributed by atoms with Crippen LogP contribution in [0, 0.1) is 0 Å². The van der Waals surface area contributed by atoms with Gasteiger partial charge in [-0.15, -0.1) is 0 Å². The largest absolute Gasteiger partial charge is 1.00 e. The van der Waals surface area contributed by atoms with Crippen LogP contribution in [-0.2, 0) is 30.0 Å². The number of allylic oxidation sites excluding steroid dienone is 1. The van der Waals surface area contributed by atoms with Gasteiger partial charge < -0.3 is 24.8 Å². The number of fused-ring (bicyclic) bond motifs is 1. The van der Waals surface area contributed by atoms with Crippen molar-refractivity contribution in [1.29, 1.82) is 0 Å². The molecule has 138 valence electrons. The summed E-state index contributed by atoms with van der Waals surface area (Å²) < 4.78 is 2.92. The van der Waals surface area contributed by atoms with Gasteiger partial charge in [-0.3, -0.25) is 0 Å². The van der Waals surface area contributed by atoms with Crippen LogP contribution < -0.4 is 39.3 Å². The van der Waals surface area contributed by atoms with Crippen molar-refractivity contribution in [2.24, 2.45) is 0 Å². The number of benzene rings is 1. The molecule has 1 aliphatic carbocycles. The molecule has 0 aliphatic heterocycles. The summed E-state index contributed by atoms with van der Waals surface area (Å²) in [6.07, 6.45) is 4.48. The fraction of sp³-hybridized carbons (Fsp3) is 0.364. The predicted octanol–water partition coefficient (Wildman–Crippen LogP) is -2.52. The van der Waals surface area contributed by atoms with Crippen LogP contribution in [-0.4, -0.2) is 4.98 Å². The average molecular weight is 424 g/mol. The van der Waals surface area contributed by atoms with Gasteiger partial charge in [-0.1, -0.05) is 0 Å². The smallest absolute Gasteiger partial charge is 1.00 e. The second-order valence-electron chi connectivity index (χ2n) is 8.71. The number of hydrogen-bond acceptors (Lipinski definition) is 0. The van der Waals surface area contributed by atoms with E-state index in [9.17, 15) is 0 Å². The van der Waals surface area contributed by atoms with E-state index in [-0.39, 0.29) is 35.6 Å². The molecule has 1 nitrogen and oxygen atoms in total. The normalized spacial score (nSPS) is 13.3. The maximum absolute atomic E-state index is 4.32. The average Bonchev–Trinajstić information content (AvgIpc) is 3.01. The first-order valence-electron chi connectivity index (χ1n) is 8.59. The summed E-state index contributed by atoms with van der Waals surface area (Å²) in [5.74, 6) is 0. The number of aromatic nitrogens is 1. The molecular formula is C22H27Cl2NTi. The van der Waals surface area contributed by atoms with Gasteiger partial charge in [0.2, 0.25) is 0 Å². The monoisotopic (exact) mass is 423 g/mol. The number of halogens is 2. The Morgan fingerprint density at radius 2 is 1.54 bits per heavy atom. The molecule has 0 unspecified atom stereocenters. The van der Waals surface area contributed by atoms with Crippen LogP contribution in [0.5, 0.6) is 0 Å². The van der Waals surface area contributed by atoms with E-state index >= 15 is 0 Å². The molecule has 1 aromatic carbocycles. The molecule has 0 spiro atoms. The number of hydrogen-bond donors (Lipinski definition) is 1. The number of aromatic amines is 1. The van der Waals surface area contributed by atoms with Gasteiger partial charge in [0.05, 0.1) is 0 Å². The zero-order chi connectivity index (χ0) is 17.7. The number of nitrogens with one attached hydrogen (secondary N) is 1. The van der Waals surface area contributed by atoms with E-state index in [4.69, 9.17) is 0 Å². The van der Waals surface area contributed by atoms with Crippen LogP contribution in [0.15, 0.2) is 42.6 Å². The Morgan fingerprint density at radius 1 is 0.923 bits per heavy atom. The first kappa shape index (κ1) is 23.3. The number of rotatable bonds is 2. The summed E-state index contributed by atoms with van der Waals surface area (Å²) >= 11 is -0.455. The van der Waals surface area contributed by atoms with Crippen molar-refractivity contribution in [3.63, 3.8) is 0 Å². The minimum atomic E-state index is -0.455. The Morgan fingerprint density at radius 3 is 2.12 bits per heavy atom. The molecule has 0 saturated carbocycles. The second kappa shape index (κ2) is 8.11. The summed E-state index contributed by atoms with van der Waals surface area (Å²) in [5, 5.41) is 2.70. The van der Waals surface area contributed by atoms with Crippen LogP contribution in [0.25, 0.3) is 9.95 Å². The Labute approximate surface area is 178 Å². The van der Waals surface area contributed by atoms with Crippen molar-refractivity contribution in [3.05, 3.63) is 64.2 Å². The number of H-pyrrole nitrogens is 1. The maximum atomic E-state index is 4.32. The molecule has 1 aromatic heterocycles. The third-order valence-corrected chi connectivity index (χ3v) is 6.89. The summed E-state index contributed by atoms with van der Waals surface area (Å²) in [5.41, 5.74) is 4.47. The molecule has 0 fully saturated rings. The Kier molecular flexibility index (Phi) is 7.27. The Bertz CT molecular complexity index is 924. The van der Waals surface area contributed by atoms with Gasteiger partial charge in [-0.2, -0.15) is 0 Å². The third kappa shape index (κ3) is 4.39. The molecule has 0 bridgehead atoms.